The molecular weight excluding hydrogens is 174 g/mol. The van der Waals surface area contributed by atoms with Crippen molar-refractivity contribution in [1.29, 1.82) is 0 Å². The molecule has 1 heterocycles. The summed E-state index contributed by atoms with van der Waals surface area (Å²) in [7, 11) is 4.07. The summed E-state index contributed by atoms with van der Waals surface area (Å²) in [5.74, 6) is 0.183. The van der Waals surface area contributed by atoms with Gasteiger partial charge in [0.25, 0.3) is 0 Å². The molecule has 2 unspecified atom stereocenters. The number of hydrogen-bond donors (Lipinski definition) is 0. The van der Waals surface area contributed by atoms with E-state index in [-0.39, 0.29) is 11.3 Å². The maximum absolute atomic E-state index is 12.3. The average molecular weight is 193 g/mol. The Morgan fingerprint density at radius 1 is 1.43 bits per heavy atom. The van der Waals surface area contributed by atoms with Crippen LogP contribution in [0.4, 0.5) is 0 Å². The van der Waals surface area contributed by atoms with E-state index in [2.05, 4.69) is 32.1 Å². The van der Waals surface area contributed by atoms with Gasteiger partial charge in [-0.15, -0.1) is 0 Å². The molecule has 0 saturated carbocycles. The molecule has 1 radical (unpaired) electrons. The minimum absolute atomic E-state index is 0.0303. The summed E-state index contributed by atoms with van der Waals surface area (Å²) >= 11 is 0. The van der Waals surface area contributed by atoms with Gasteiger partial charge in [0.15, 0.2) is 0 Å². The molecule has 0 aromatic heterocycles. The van der Waals surface area contributed by atoms with Gasteiger partial charge in [0.2, 0.25) is 6.23 Å². The van der Waals surface area contributed by atoms with Crippen molar-refractivity contribution in [1.82, 2.24) is 0 Å². The van der Waals surface area contributed by atoms with Crippen molar-refractivity contribution in [2.45, 2.75) is 20.1 Å². The number of fused-ring (bicyclic) bond motifs is 1. The standard InChI is InChI=1S/C12H19NO/c1-12(2)7-5-6-9-8-13(3,4)11(14)10(9)12/h5-7,10-11H,8H2,1-4H3/q+1. The van der Waals surface area contributed by atoms with Crippen LogP contribution in [0.3, 0.4) is 0 Å². The molecule has 1 aliphatic carbocycles. The molecule has 2 nitrogen and oxygen atoms in total. The molecule has 0 aromatic carbocycles. The van der Waals surface area contributed by atoms with Gasteiger partial charge < -0.3 is 0 Å². The van der Waals surface area contributed by atoms with Gasteiger partial charge in [-0.1, -0.05) is 32.1 Å². The SMILES string of the molecule is CC1(C)C=CC=C2C[N+](C)(C)C([O])C21. The van der Waals surface area contributed by atoms with Crippen molar-refractivity contribution in [2.75, 3.05) is 20.6 Å². The van der Waals surface area contributed by atoms with Gasteiger partial charge in [-0.2, -0.15) is 5.11 Å². The Kier molecular flexibility index (Phi) is 1.92. The van der Waals surface area contributed by atoms with E-state index in [0.29, 0.717) is 4.48 Å². The third-order valence-corrected chi connectivity index (χ3v) is 3.60. The average Bonchev–Trinajstić information content (AvgIpc) is 2.22. The fourth-order valence-electron chi connectivity index (χ4n) is 2.77. The van der Waals surface area contributed by atoms with Gasteiger partial charge in [0.1, 0.15) is 6.54 Å². The fraction of sp³-hybridized carbons (Fsp3) is 0.667. The molecule has 1 fully saturated rings. The Morgan fingerprint density at radius 3 is 2.64 bits per heavy atom. The molecule has 0 amide bonds. The van der Waals surface area contributed by atoms with Crippen LogP contribution in [-0.2, 0) is 5.11 Å². The Balaban J connectivity index is 2.41. The molecule has 2 heteroatoms. The molecule has 1 saturated heterocycles. The predicted molar refractivity (Wildman–Crippen MR) is 55.9 cm³/mol. The van der Waals surface area contributed by atoms with E-state index >= 15 is 0 Å². The summed E-state index contributed by atoms with van der Waals surface area (Å²) in [4.78, 5) is 0. The van der Waals surface area contributed by atoms with Gasteiger partial charge in [-0.05, 0) is 11.0 Å². The number of hydrogen-bond acceptors (Lipinski definition) is 0. The van der Waals surface area contributed by atoms with Crippen LogP contribution >= 0.6 is 0 Å². The Bertz CT molecular complexity index is 312. The van der Waals surface area contributed by atoms with Gasteiger partial charge in [0.05, 0.1) is 20.0 Å². The Hall–Kier alpha value is -0.600. The van der Waals surface area contributed by atoms with Crippen LogP contribution in [-0.4, -0.2) is 31.4 Å². The van der Waals surface area contributed by atoms with Crippen molar-refractivity contribution < 1.29 is 9.59 Å². The highest BCUT2D eigenvalue weighted by Crippen LogP contribution is 2.46. The van der Waals surface area contributed by atoms with Crippen LogP contribution in [0.25, 0.3) is 0 Å². The van der Waals surface area contributed by atoms with E-state index < -0.39 is 6.23 Å². The highest BCUT2D eigenvalue weighted by molar-refractivity contribution is 5.29. The number of quaternary nitrogens is 1. The minimum atomic E-state index is -0.513. The second-order valence-corrected chi connectivity index (χ2v) is 5.73. The van der Waals surface area contributed by atoms with Crippen LogP contribution in [0.5, 0.6) is 0 Å². The lowest BCUT2D eigenvalue weighted by atomic mass is 9.72. The predicted octanol–water partition coefficient (Wildman–Crippen LogP) is 1.97. The lowest BCUT2D eigenvalue weighted by molar-refractivity contribution is -0.929. The van der Waals surface area contributed by atoms with Crippen LogP contribution < -0.4 is 0 Å². The summed E-state index contributed by atoms with van der Waals surface area (Å²) in [6.07, 6.45) is 5.89. The van der Waals surface area contributed by atoms with Crippen LogP contribution in [0.15, 0.2) is 23.8 Å². The number of likely N-dealkylation sites (tertiary alicyclic amines) is 1. The van der Waals surface area contributed by atoms with Crippen LogP contribution in [0, 0.1) is 11.3 Å². The third kappa shape index (κ3) is 1.25. The first-order valence-electron chi connectivity index (χ1n) is 5.21. The first kappa shape index (κ1) is 9.94. The summed E-state index contributed by atoms with van der Waals surface area (Å²) < 4.78 is 0.585. The first-order chi connectivity index (χ1) is 6.34. The highest BCUT2D eigenvalue weighted by atomic mass is 16.3. The number of rotatable bonds is 0. The van der Waals surface area contributed by atoms with E-state index in [1.54, 1.807) is 0 Å². The molecule has 0 bridgehead atoms. The van der Waals surface area contributed by atoms with Crippen molar-refractivity contribution >= 4 is 0 Å². The molecule has 77 valence electrons. The second-order valence-electron chi connectivity index (χ2n) is 5.73. The van der Waals surface area contributed by atoms with Crippen molar-refractivity contribution in [3.05, 3.63) is 23.8 Å². The normalized spacial score (nSPS) is 37.9. The smallest absolute Gasteiger partial charge is 0.232 e. The number of likely N-dealkylation sites (N-methyl/N-ethyl adjacent to an activating group) is 1. The van der Waals surface area contributed by atoms with Crippen LogP contribution in [0.1, 0.15) is 13.8 Å². The van der Waals surface area contributed by atoms with Crippen LogP contribution in [0.2, 0.25) is 0 Å². The summed E-state index contributed by atoms with van der Waals surface area (Å²) in [6, 6.07) is 0. The quantitative estimate of drug-likeness (QED) is 0.524. The summed E-state index contributed by atoms with van der Waals surface area (Å²) in [6.45, 7) is 5.24. The molecule has 2 atom stereocenters. The molecule has 2 aliphatic rings. The molecular formula is C12H19NO+. The summed E-state index contributed by atoms with van der Waals surface area (Å²) in [5, 5.41) is 12.3. The second kappa shape index (κ2) is 2.71. The fourth-order valence-corrected chi connectivity index (χ4v) is 2.77. The molecule has 0 aromatic rings. The van der Waals surface area contributed by atoms with Crippen molar-refractivity contribution in [3.63, 3.8) is 0 Å². The maximum atomic E-state index is 12.3. The van der Waals surface area contributed by atoms with E-state index in [1.165, 1.54) is 5.57 Å². The molecule has 2 rings (SSSR count). The van der Waals surface area contributed by atoms with Gasteiger partial charge in [0, 0.05) is 0 Å². The number of nitrogens with zero attached hydrogens (tertiary/aromatic N) is 1. The third-order valence-electron chi connectivity index (χ3n) is 3.60. The number of allylic oxidation sites excluding steroid dienone is 3. The molecule has 1 aliphatic heterocycles. The zero-order valence-corrected chi connectivity index (χ0v) is 9.45. The highest BCUT2D eigenvalue weighted by Gasteiger charge is 2.52. The topological polar surface area (TPSA) is 19.9 Å². The van der Waals surface area contributed by atoms with Crippen molar-refractivity contribution in [3.8, 4) is 0 Å². The maximum Gasteiger partial charge on any atom is 0.232 e. The zero-order valence-electron chi connectivity index (χ0n) is 9.45. The first-order valence-corrected chi connectivity index (χ1v) is 5.21. The van der Waals surface area contributed by atoms with Gasteiger partial charge >= 0.3 is 0 Å². The minimum Gasteiger partial charge on any atom is -0.297 e. The largest absolute Gasteiger partial charge is 0.297 e. The van der Waals surface area contributed by atoms with Gasteiger partial charge in [-0.3, -0.25) is 4.48 Å². The van der Waals surface area contributed by atoms with Crippen molar-refractivity contribution in [2.24, 2.45) is 11.3 Å². The molecule has 14 heavy (non-hydrogen) atoms. The van der Waals surface area contributed by atoms with E-state index in [4.69, 9.17) is 0 Å². The molecule has 0 N–H and O–H groups in total. The van der Waals surface area contributed by atoms with E-state index in [1.807, 2.05) is 14.1 Å². The summed E-state index contributed by atoms with van der Waals surface area (Å²) in [5.41, 5.74) is 1.37. The monoisotopic (exact) mass is 193 g/mol. The Morgan fingerprint density at radius 2 is 2.07 bits per heavy atom. The lowest BCUT2D eigenvalue weighted by Gasteiger charge is -2.33. The lowest BCUT2D eigenvalue weighted by Crippen LogP contribution is -2.47. The Labute approximate surface area is 86.1 Å². The van der Waals surface area contributed by atoms with Gasteiger partial charge in [-0.25, -0.2) is 0 Å². The van der Waals surface area contributed by atoms with E-state index in [0.717, 1.165) is 6.54 Å². The zero-order chi connectivity index (χ0) is 10.6. The molecule has 0 spiro atoms. The van der Waals surface area contributed by atoms with E-state index in [9.17, 15) is 5.11 Å².